The van der Waals surface area contributed by atoms with Gasteiger partial charge in [-0.15, -0.1) is 24.8 Å². The van der Waals surface area contributed by atoms with E-state index in [9.17, 15) is 4.79 Å². The van der Waals surface area contributed by atoms with Crippen LogP contribution in [0.5, 0.6) is 0 Å². The molecule has 0 spiro atoms. The predicted molar refractivity (Wildman–Crippen MR) is 116 cm³/mol. The van der Waals surface area contributed by atoms with Crippen molar-refractivity contribution < 1.29 is 4.79 Å². The lowest BCUT2D eigenvalue weighted by Gasteiger charge is -2.32. The monoisotopic (exact) mass is 403 g/mol. The summed E-state index contributed by atoms with van der Waals surface area (Å²) in [6.45, 7) is 9.28. The van der Waals surface area contributed by atoms with Crippen LogP contribution >= 0.6 is 24.8 Å². The maximum Gasteiger partial charge on any atom is 0.253 e. The summed E-state index contributed by atoms with van der Waals surface area (Å²) in [5.74, 6) is 0.892. The highest BCUT2D eigenvalue weighted by Crippen LogP contribution is 2.20. The van der Waals surface area contributed by atoms with Crippen molar-refractivity contribution in [1.82, 2.24) is 10.2 Å². The number of hydrogen-bond donors (Lipinski definition) is 1. The molecule has 0 atom stereocenters. The number of amides is 1. The minimum atomic E-state index is 0. The third kappa shape index (κ3) is 7.34. The summed E-state index contributed by atoms with van der Waals surface area (Å²) in [6.07, 6.45) is 4.61. The Morgan fingerprint density at radius 2 is 1.77 bits per heavy atom. The van der Waals surface area contributed by atoms with Gasteiger partial charge in [0.15, 0.2) is 0 Å². The molecule has 150 valence electrons. The van der Waals surface area contributed by atoms with Gasteiger partial charge in [-0.05, 0) is 62.5 Å². The van der Waals surface area contributed by atoms with Crippen LogP contribution in [0.25, 0.3) is 0 Å². The van der Waals surface area contributed by atoms with Crippen molar-refractivity contribution >= 4 is 36.4 Å². The Hall–Kier alpha value is -0.970. The van der Waals surface area contributed by atoms with Gasteiger partial charge in [-0.1, -0.05) is 20.3 Å². The van der Waals surface area contributed by atoms with Crippen LogP contribution in [0, 0.1) is 5.92 Å². The number of hydrogen-bond acceptors (Lipinski definition) is 3. The first-order chi connectivity index (χ1) is 11.7. The largest absolute Gasteiger partial charge is 0.375 e. The standard InChI is InChI=1S/C20H33N3O.2ClH/c1-4-6-13-22(3)19-9-7-18(8-10-19)20(24)23-14-11-17(12-15-23)16-21-5-2;;/h7-10,17,21H,4-6,11-16H2,1-3H3;2*1H. The molecule has 6 heteroatoms. The van der Waals surface area contributed by atoms with E-state index in [-0.39, 0.29) is 30.7 Å². The Balaban J connectivity index is 0.00000312. The van der Waals surface area contributed by atoms with Gasteiger partial charge >= 0.3 is 0 Å². The van der Waals surface area contributed by atoms with Gasteiger partial charge in [-0.3, -0.25) is 4.79 Å². The van der Waals surface area contributed by atoms with Crippen LogP contribution in [0.1, 0.15) is 49.9 Å². The van der Waals surface area contributed by atoms with E-state index in [1.54, 1.807) is 0 Å². The highest BCUT2D eigenvalue weighted by Gasteiger charge is 2.23. The predicted octanol–water partition coefficient (Wildman–Crippen LogP) is 4.23. The fraction of sp³-hybridized carbons (Fsp3) is 0.650. The fourth-order valence-corrected chi connectivity index (χ4v) is 3.25. The van der Waals surface area contributed by atoms with Gasteiger partial charge in [0, 0.05) is 37.9 Å². The molecule has 4 nitrogen and oxygen atoms in total. The minimum Gasteiger partial charge on any atom is -0.375 e. The molecule has 1 N–H and O–H groups in total. The molecule has 26 heavy (non-hydrogen) atoms. The summed E-state index contributed by atoms with van der Waals surface area (Å²) in [6, 6.07) is 8.09. The van der Waals surface area contributed by atoms with Crippen LogP contribution in [-0.4, -0.2) is 50.6 Å². The van der Waals surface area contributed by atoms with E-state index in [1.807, 2.05) is 17.0 Å². The summed E-state index contributed by atoms with van der Waals surface area (Å²) < 4.78 is 0. The van der Waals surface area contributed by atoms with Crippen molar-refractivity contribution in [2.75, 3.05) is 44.7 Å². The molecular formula is C20H35Cl2N3O. The molecule has 1 aliphatic heterocycles. The number of carbonyl (C=O) groups is 1. The van der Waals surface area contributed by atoms with Crippen LogP contribution in [-0.2, 0) is 0 Å². The third-order valence-corrected chi connectivity index (χ3v) is 4.99. The number of rotatable bonds is 8. The van der Waals surface area contributed by atoms with Gasteiger partial charge < -0.3 is 15.1 Å². The summed E-state index contributed by atoms with van der Waals surface area (Å²) in [5.41, 5.74) is 2.00. The van der Waals surface area contributed by atoms with Gasteiger partial charge in [-0.25, -0.2) is 0 Å². The molecule has 1 saturated heterocycles. The lowest BCUT2D eigenvalue weighted by Crippen LogP contribution is -2.40. The molecule has 1 aromatic carbocycles. The van der Waals surface area contributed by atoms with Gasteiger partial charge in [0.1, 0.15) is 0 Å². The van der Waals surface area contributed by atoms with Crippen LogP contribution in [0.15, 0.2) is 24.3 Å². The van der Waals surface area contributed by atoms with E-state index in [2.05, 4.69) is 43.2 Å². The molecular weight excluding hydrogens is 369 g/mol. The van der Waals surface area contributed by atoms with Crippen molar-refractivity contribution in [3.63, 3.8) is 0 Å². The van der Waals surface area contributed by atoms with Gasteiger partial charge in [-0.2, -0.15) is 0 Å². The Bertz CT molecular complexity index is 502. The second kappa shape index (κ2) is 13.2. The zero-order chi connectivity index (χ0) is 17.4. The first-order valence-electron chi connectivity index (χ1n) is 9.46. The highest BCUT2D eigenvalue weighted by atomic mass is 35.5. The first kappa shape index (κ1) is 25.0. The topological polar surface area (TPSA) is 35.6 Å². The zero-order valence-corrected chi connectivity index (χ0v) is 18.0. The molecule has 0 bridgehead atoms. The number of nitrogens with one attached hydrogen (secondary N) is 1. The Labute approximate surface area is 171 Å². The lowest BCUT2D eigenvalue weighted by atomic mass is 9.96. The van der Waals surface area contributed by atoms with Crippen LogP contribution in [0.2, 0.25) is 0 Å². The molecule has 1 aliphatic rings. The van der Waals surface area contributed by atoms with E-state index < -0.39 is 0 Å². The van der Waals surface area contributed by atoms with Crippen molar-refractivity contribution in [3.05, 3.63) is 29.8 Å². The van der Waals surface area contributed by atoms with Crippen LogP contribution in [0.3, 0.4) is 0 Å². The van der Waals surface area contributed by atoms with Crippen molar-refractivity contribution in [1.29, 1.82) is 0 Å². The zero-order valence-electron chi connectivity index (χ0n) is 16.4. The van der Waals surface area contributed by atoms with Crippen molar-refractivity contribution in [2.45, 2.75) is 39.5 Å². The molecule has 0 aromatic heterocycles. The van der Waals surface area contributed by atoms with Crippen molar-refractivity contribution in [2.24, 2.45) is 5.92 Å². The minimum absolute atomic E-state index is 0. The molecule has 1 aromatic rings. The first-order valence-corrected chi connectivity index (χ1v) is 9.46. The van der Waals surface area contributed by atoms with Crippen molar-refractivity contribution in [3.8, 4) is 0 Å². The average Bonchev–Trinajstić information content (AvgIpc) is 2.64. The van der Waals surface area contributed by atoms with E-state index in [0.29, 0.717) is 5.92 Å². The van der Waals surface area contributed by atoms with Gasteiger partial charge in [0.25, 0.3) is 5.91 Å². The summed E-state index contributed by atoms with van der Waals surface area (Å²) >= 11 is 0. The SMILES string of the molecule is CCCCN(C)c1ccc(C(=O)N2CCC(CNCC)CC2)cc1.Cl.Cl. The average molecular weight is 404 g/mol. The summed E-state index contributed by atoms with van der Waals surface area (Å²) in [5, 5.41) is 3.42. The molecule has 0 unspecified atom stereocenters. The quantitative estimate of drug-likeness (QED) is 0.705. The number of unbranched alkanes of at least 4 members (excludes halogenated alkanes) is 1. The number of carbonyl (C=O) groups excluding carboxylic acids is 1. The molecule has 2 rings (SSSR count). The summed E-state index contributed by atoms with van der Waals surface area (Å²) in [4.78, 5) is 16.9. The molecule has 1 fully saturated rings. The van der Waals surface area contributed by atoms with Gasteiger partial charge in [0.2, 0.25) is 0 Å². The number of likely N-dealkylation sites (tertiary alicyclic amines) is 1. The molecule has 0 radical (unpaired) electrons. The maximum atomic E-state index is 12.7. The molecule has 0 saturated carbocycles. The Morgan fingerprint density at radius 1 is 1.15 bits per heavy atom. The fourth-order valence-electron chi connectivity index (χ4n) is 3.25. The second-order valence-electron chi connectivity index (χ2n) is 6.87. The van der Waals surface area contributed by atoms with Crippen LogP contribution < -0.4 is 10.2 Å². The maximum absolute atomic E-state index is 12.7. The van der Waals surface area contributed by atoms with E-state index in [0.717, 1.165) is 51.1 Å². The molecule has 1 heterocycles. The number of benzene rings is 1. The number of piperidine rings is 1. The van der Waals surface area contributed by atoms with E-state index in [4.69, 9.17) is 0 Å². The normalized spacial score (nSPS) is 14.3. The summed E-state index contributed by atoms with van der Waals surface area (Å²) in [7, 11) is 2.11. The van der Waals surface area contributed by atoms with E-state index >= 15 is 0 Å². The number of anilines is 1. The second-order valence-corrected chi connectivity index (χ2v) is 6.87. The third-order valence-electron chi connectivity index (χ3n) is 4.99. The number of halogens is 2. The van der Waals surface area contributed by atoms with Crippen LogP contribution in [0.4, 0.5) is 5.69 Å². The lowest BCUT2D eigenvalue weighted by molar-refractivity contribution is 0.0690. The molecule has 0 aliphatic carbocycles. The Morgan fingerprint density at radius 3 is 2.31 bits per heavy atom. The van der Waals surface area contributed by atoms with E-state index in [1.165, 1.54) is 18.5 Å². The Kier molecular flexibility index (Phi) is 12.7. The molecule has 1 amide bonds. The smallest absolute Gasteiger partial charge is 0.253 e. The van der Waals surface area contributed by atoms with Gasteiger partial charge in [0.05, 0.1) is 0 Å². The number of nitrogens with zero attached hydrogens (tertiary/aromatic N) is 2. The highest BCUT2D eigenvalue weighted by molar-refractivity contribution is 5.94.